The molecule has 0 amide bonds. The highest BCUT2D eigenvalue weighted by molar-refractivity contribution is 14.1. The number of unbranched alkanes of at least 4 members (excludes halogenated alkanes) is 3. The first kappa shape index (κ1) is 17.2. The maximum absolute atomic E-state index is 11.9. The van der Waals surface area contributed by atoms with Crippen LogP contribution in [-0.2, 0) is 10.0 Å². The molecule has 0 saturated carbocycles. The van der Waals surface area contributed by atoms with Gasteiger partial charge in [-0.3, -0.25) is 0 Å². The number of hydrogen-bond acceptors (Lipinski definition) is 3. The van der Waals surface area contributed by atoms with Crippen LogP contribution in [0.15, 0.2) is 14.1 Å². The summed E-state index contributed by atoms with van der Waals surface area (Å²) in [5.74, 6) is 0. The van der Waals surface area contributed by atoms with Gasteiger partial charge in [-0.05, 0) is 39.3 Å². The molecule has 0 aliphatic heterocycles. The van der Waals surface area contributed by atoms with Crippen molar-refractivity contribution >= 4 is 71.5 Å². The molecule has 0 fully saturated rings. The lowest BCUT2D eigenvalue weighted by molar-refractivity contribution is 0.576. The van der Waals surface area contributed by atoms with Gasteiger partial charge in [-0.25, -0.2) is 13.1 Å². The van der Waals surface area contributed by atoms with E-state index in [1.165, 1.54) is 12.5 Å². The van der Waals surface area contributed by atoms with Gasteiger partial charge in [-0.1, -0.05) is 47.0 Å². The van der Waals surface area contributed by atoms with Crippen LogP contribution in [0, 0.1) is 0 Å². The Balaban J connectivity index is 2.41. The molecule has 3 nitrogen and oxygen atoms in total. The summed E-state index contributed by atoms with van der Waals surface area (Å²) in [4.78, 5) is 0. The Morgan fingerprint density at radius 2 is 2.00 bits per heavy atom. The predicted molar refractivity (Wildman–Crippen MR) is 89.6 cm³/mol. The zero-order chi connectivity index (χ0) is 13.6. The van der Waals surface area contributed by atoms with Gasteiger partial charge in [0.25, 0.3) is 0 Å². The van der Waals surface area contributed by atoms with Gasteiger partial charge in [-0.2, -0.15) is 0 Å². The SMILES string of the molecule is O=S(=O)(NCCCCCCI)c1cc(Cl)c(Br)s1. The van der Waals surface area contributed by atoms with Crippen molar-refractivity contribution in [1.29, 1.82) is 0 Å². The Hall–Kier alpha value is 1.11. The van der Waals surface area contributed by atoms with E-state index < -0.39 is 10.0 Å². The zero-order valence-electron chi connectivity index (χ0n) is 9.59. The van der Waals surface area contributed by atoms with Crippen molar-refractivity contribution in [3.8, 4) is 0 Å². The highest BCUT2D eigenvalue weighted by atomic mass is 127. The second-order valence-corrected chi connectivity index (χ2v) is 9.54. The monoisotopic (exact) mass is 485 g/mol. The Morgan fingerprint density at radius 1 is 1.33 bits per heavy atom. The van der Waals surface area contributed by atoms with Crippen molar-refractivity contribution in [2.24, 2.45) is 0 Å². The van der Waals surface area contributed by atoms with Crippen molar-refractivity contribution < 1.29 is 8.42 Å². The number of sulfonamides is 1. The van der Waals surface area contributed by atoms with Gasteiger partial charge >= 0.3 is 0 Å². The molecule has 1 aromatic heterocycles. The lowest BCUT2D eigenvalue weighted by Gasteiger charge is -2.04. The van der Waals surface area contributed by atoms with Gasteiger partial charge < -0.3 is 0 Å². The zero-order valence-corrected chi connectivity index (χ0v) is 15.7. The van der Waals surface area contributed by atoms with E-state index >= 15 is 0 Å². The molecule has 0 unspecified atom stereocenters. The summed E-state index contributed by atoms with van der Waals surface area (Å²) < 4.78 is 28.5. The van der Waals surface area contributed by atoms with Crippen LogP contribution in [0.2, 0.25) is 5.02 Å². The number of nitrogens with one attached hydrogen (secondary N) is 1. The molecule has 0 radical (unpaired) electrons. The maximum Gasteiger partial charge on any atom is 0.250 e. The first-order valence-corrected chi connectivity index (χ1v) is 10.5. The van der Waals surface area contributed by atoms with E-state index in [0.717, 1.165) is 35.0 Å². The molecule has 0 atom stereocenters. The second kappa shape index (κ2) is 8.41. The topological polar surface area (TPSA) is 46.2 Å². The summed E-state index contributed by atoms with van der Waals surface area (Å²) in [5, 5.41) is 0.433. The van der Waals surface area contributed by atoms with Gasteiger partial charge in [0.05, 0.1) is 8.81 Å². The number of alkyl halides is 1. The molecule has 8 heteroatoms. The summed E-state index contributed by atoms with van der Waals surface area (Å²) in [6.45, 7) is 0.483. The third-order valence-corrected chi connectivity index (χ3v) is 7.41. The number of thiophene rings is 1. The maximum atomic E-state index is 11.9. The Kier molecular flexibility index (Phi) is 8.02. The number of halogens is 3. The molecular weight excluding hydrogens is 473 g/mol. The normalized spacial score (nSPS) is 11.9. The summed E-state index contributed by atoms with van der Waals surface area (Å²) >= 11 is 12.5. The van der Waals surface area contributed by atoms with Crippen LogP contribution in [-0.4, -0.2) is 19.4 Å². The molecule has 1 rings (SSSR count). The Morgan fingerprint density at radius 3 is 2.56 bits per heavy atom. The van der Waals surface area contributed by atoms with Crippen LogP contribution in [0.1, 0.15) is 25.7 Å². The van der Waals surface area contributed by atoms with E-state index in [1.54, 1.807) is 0 Å². The summed E-state index contributed by atoms with van der Waals surface area (Å²) in [5.41, 5.74) is 0. The second-order valence-electron chi connectivity index (χ2n) is 3.69. The van der Waals surface area contributed by atoms with Gasteiger partial charge in [0, 0.05) is 6.54 Å². The van der Waals surface area contributed by atoms with Gasteiger partial charge in [0.2, 0.25) is 10.0 Å². The fourth-order valence-corrected chi connectivity index (χ4v) is 5.37. The highest BCUT2D eigenvalue weighted by Gasteiger charge is 2.18. The molecule has 1 heterocycles. The van der Waals surface area contributed by atoms with E-state index in [4.69, 9.17) is 11.6 Å². The summed E-state index contributed by atoms with van der Waals surface area (Å²) in [7, 11) is -3.40. The third-order valence-electron chi connectivity index (χ3n) is 2.24. The molecule has 0 saturated heterocycles. The smallest absolute Gasteiger partial charge is 0.210 e. The Bertz CT molecular complexity index is 459. The fraction of sp³-hybridized carbons (Fsp3) is 0.600. The minimum absolute atomic E-state index is 0.256. The van der Waals surface area contributed by atoms with E-state index in [-0.39, 0.29) is 4.21 Å². The number of rotatable bonds is 8. The van der Waals surface area contributed by atoms with Gasteiger partial charge in [0.15, 0.2) is 0 Å². The van der Waals surface area contributed by atoms with E-state index in [0.29, 0.717) is 15.4 Å². The fourth-order valence-electron chi connectivity index (χ4n) is 1.31. The first-order chi connectivity index (χ1) is 8.47. The van der Waals surface area contributed by atoms with E-state index in [9.17, 15) is 8.42 Å². The van der Waals surface area contributed by atoms with Crippen molar-refractivity contribution in [2.75, 3.05) is 11.0 Å². The molecule has 18 heavy (non-hydrogen) atoms. The molecule has 104 valence electrons. The molecule has 1 N–H and O–H groups in total. The van der Waals surface area contributed by atoms with E-state index in [2.05, 4.69) is 43.2 Å². The van der Waals surface area contributed by atoms with Crippen molar-refractivity contribution in [2.45, 2.75) is 29.9 Å². The molecule has 0 bridgehead atoms. The van der Waals surface area contributed by atoms with Crippen LogP contribution < -0.4 is 4.72 Å². The van der Waals surface area contributed by atoms with Crippen LogP contribution in [0.25, 0.3) is 0 Å². The minimum Gasteiger partial charge on any atom is -0.210 e. The minimum atomic E-state index is -3.40. The molecule has 0 spiro atoms. The molecular formula is C10H14BrClINO2S2. The lowest BCUT2D eigenvalue weighted by atomic mass is 10.2. The van der Waals surface area contributed by atoms with Crippen molar-refractivity contribution in [1.82, 2.24) is 4.72 Å². The van der Waals surface area contributed by atoms with Crippen LogP contribution in [0.3, 0.4) is 0 Å². The van der Waals surface area contributed by atoms with E-state index in [1.807, 2.05) is 0 Å². The summed E-state index contributed by atoms with van der Waals surface area (Å²) in [6, 6.07) is 1.47. The predicted octanol–water partition coefficient (Wildman–Crippen LogP) is 4.44. The van der Waals surface area contributed by atoms with Crippen LogP contribution in [0.4, 0.5) is 0 Å². The molecule has 0 aliphatic rings. The molecule has 0 aromatic carbocycles. The third kappa shape index (κ3) is 5.62. The molecule has 1 aromatic rings. The highest BCUT2D eigenvalue weighted by Crippen LogP contribution is 2.34. The lowest BCUT2D eigenvalue weighted by Crippen LogP contribution is -2.23. The number of hydrogen-bond donors (Lipinski definition) is 1. The quantitative estimate of drug-likeness (QED) is 0.336. The largest absolute Gasteiger partial charge is 0.250 e. The van der Waals surface area contributed by atoms with Crippen molar-refractivity contribution in [3.05, 3.63) is 14.9 Å². The van der Waals surface area contributed by atoms with Crippen LogP contribution >= 0.6 is 61.5 Å². The average molecular weight is 487 g/mol. The average Bonchev–Trinajstić information content (AvgIpc) is 2.65. The van der Waals surface area contributed by atoms with Gasteiger partial charge in [-0.15, -0.1) is 11.3 Å². The Labute approximate surface area is 139 Å². The van der Waals surface area contributed by atoms with Gasteiger partial charge in [0.1, 0.15) is 4.21 Å². The first-order valence-electron chi connectivity index (χ1n) is 5.48. The standard InChI is InChI=1S/C10H14BrClINO2S2/c11-10-8(12)7-9(17-10)18(15,16)14-6-4-2-1-3-5-13/h7,14H,1-6H2. The summed E-state index contributed by atoms with van der Waals surface area (Å²) in [6.07, 6.45) is 4.28. The van der Waals surface area contributed by atoms with Crippen LogP contribution in [0.5, 0.6) is 0 Å². The molecule has 0 aliphatic carbocycles. The van der Waals surface area contributed by atoms with Crippen molar-refractivity contribution in [3.63, 3.8) is 0 Å².